The quantitative estimate of drug-likeness (QED) is 0.424. The highest BCUT2D eigenvalue weighted by Crippen LogP contribution is 2.61. The first-order chi connectivity index (χ1) is 17.8. The van der Waals surface area contributed by atoms with Gasteiger partial charge in [-0.25, -0.2) is 4.98 Å². The van der Waals surface area contributed by atoms with Gasteiger partial charge in [0.15, 0.2) is 11.4 Å². The van der Waals surface area contributed by atoms with E-state index in [-0.39, 0.29) is 35.1 Å². The Morgan fingerprint density at radius 1 is 1.11 bits per heavy atom. The van der Waals surface area contributed by atoms with Gasteiger partial charge in [0.1, 0.15) is 23.2 Å². The van der Waals surface area contributed by atoms with Gasteiger partial charge in [0.2, 0.25) is 0 Å². The number of nitrogens with one attached hydrogen (secondary N) is 1. The molecule has 2 amide bonds. The van der Waals surface area contributed by atoms with Crippen molar-refractivity contribution in [1.29, 1.82) is 0 Å². The smallest absolute Gasteiger partial charge is 0.278 e. The van der Waals surface area contributed by atoms with Crippen LogP contribution in [0.4, 0.5) is 5.69 Å². The second-order valence-electron chi connectivity index (χ2n) is 9.46. The fourth-order valence-electron chi connectivity index (χ4n) is 5.46. The van der Waals surface area contributed by atoms with E-state index >= 15 is 0 Å². The average molecular weight is 492 g/mol. The Kier molecular flexibility index (Phi) is 4.29. The molecule has 2 fully saturated rings. The maximum atomic E-state index is 13.6. The molecule has 0 unspecified atom stereocenters. The minimum atomic E-state index is -0.755. The highest BCUT2D eigenvalue weighted by atomic mass is 16.6. The Balaban J connectivity index is 1.17. The lowest BCUT2D eigenvalue weighted by Crippen LogP contribution is -2.34. The zero-order valence-electron chi connectivity index (χ0n) is 19.6. The number of allylic oxidation sites excluding steroid dienone is 1. The van der Waals surface area contributed by atoms with Gasteiger partial charge in [-0.15, -0.1) is 0 Å². The van der Waals surface area contributed by atoms with Crippen molar-refractivity contribution < 1.29 is 24.2 Å². The molecule has 2 N–H and O–H groups in total. The van der Waals surface area contributed by atoms with E-state index < -0.39 is 5.60 Å². The minimum Gasteiger partial charge on any atom is -0.508 e. The molecule has 182 valence electrons. The molecule has 2 aliphatic heterocycles. The number of fused-ring (bicyclic) bond motifs is 2. The van der Waals surface area contributed by atoms with Crippen LogP contribution in [0.2, 0.25) is 0 Å². The van der Waals surface area contributed by atoms with E-state index in [0.29, 0.717) is 34.7 Å². The number of phenols is 1. The van der Waals surface area contributed by atoms with Gasteiger partial charge in [-0.1, -0.05) is 18.2 Å². The van der Waals surface area contributed by atoms with Crippen LogP contribution < -0.4 is 5.32 Å². The van der Waals surface area contributed by atoms with Crippen LogP contribution in [0.5, 0.6) is 5.75 Å². The Morgan fingerprint density at radius 2 is 1.92 bits per heavy atom. The lowest BCUT2D eigenvalue weighted by atomic mass is 9.81. The molecular weight excluding hydrogens is 472 g/mol. The fourth-order valence-corrected chi connectivity index (χ4v) is 5.46. The molecule has 4 aromatic rings. The fraction of sp³-hybridized carbons (Fsp3) is 0.143. The molecule has 0 saturated carbocycles. The second kappa shape index (κ2) is 7.37. The lowest BCUT2D eigenvalue weighted by molar-refractivity contribution is 0.0757. The van der Waals surface area contributed by atoms with Crippen LogP contribution in [0.1, 0.15) is 42.3 Å². The summed E-state index contributed by atoms with van der Waals surface area (Å²) < 4.78 is 7.75. The summed E-state index contributed by atoms with van der Waals surface area (Å²) in [4.78, 5) is 45.1. The predicted octanol–water partition coefficient (Wildman–Crippen LogP) is 3.43. The molecule has 3 aliphatic rings. The number of pyridine rings is 1. The van der Waals surface area contributed by atoms with Gasteiger partial charge < -0.3 is 24.5 Å². The molecule has 2 aromatic carbocycles. The zero-order valence-corrected chi connectivity index (χ0v) is 19.6. The van der Waals surface area contributed by atoms with Gasteiger partial charge in [0.25, 0.3) is 11.8 Å². The molecule has 4 heterocycles. The van der Waals surface area contributed by atoms with E-state index in [1.807, 2.05) is 19.1 Å². The first-order valence-electron chi connectivity index (χ1n) is 11.8. The van der Waals surface area contributed by atoms with E-state index in [4.69, 9.17) is 4.74 Å². The van der Waals surface area contributed by atoms with Crippen molar-refractivity contribution in [3.05, 3.63) is 107 Å². The average Bonchev–Trinajstić information content (AvgIpc) is 3.26. The molecule has 0 radical (unpaired) electrons. The number of nitrogens with zero attached hydrogens (tertiary/aromatic N) is 3. The molecule has 7 rings (SSSR count). The highest BCUT2D eigenvalue weighted by Gasteiger charge is 2.70. The van der Waals surface area contributed by atoms with Crippen molar-refractivity contribution in [1.82, 2.24) is 14.3 Å². The molecule has 9 nitrogen and oxygen atoms in total. The number of morpholine rings is 1. The molecule has 37 heavy (non-hydrogen) atoms. The predicted molar refractivity (Wildman–Crippen MR) is 132 cm³/mol. The van der Waals surface area contributed by atoms with Gasteiger partial charge in [0, 0.05) is 35.2 Å². The Hall–Kier alpha value is -4.76. The van der Waals surface area contributed by atoms with E-state index in [0.717, 1.165) is 11.1 Å². The number of carbonyl (C=O) groups is 3. The molecule has 1 aliphatic carbocycles. The van der Waals surface area contributed by atoms with Gasteiger partial charge in [-0.05, 0) is 48.9 Å². The summed E-state index contributed by atoms with van der Waals surface area (Å²) in [6, 6.07) is 15.0. The van der Waals surface area contributed by atoms with Crippen molar-refractivity contribution in [2.45, 2.75) is 18.6 Å². The number of aryl methyl sites for hydroxylation is 1. The SMILES string of the molecule is Cc1cccc2c1[C@@]13O[C@@H]1CN(C(=O)c1cn4cc(NC(=O)c5ccc(O)cc5)ccc4n1)C3=CC2=O. The topological polar surface area (TPSA) is 117 Å². The normalized spacial score (nSPS) is 21.2. The number of aromatic nitrogens is 2. The Bertz CT molecular complexity index is 1700. The second-order valence-corrected chi connectivity index (χ2v) is 9.46. The van der Waals surface area contributed by atoms with Gasteiger partial charge in [-0.3, -0.25) is 14.4 Å². The number of anilines is 1. The van der Waals surface area contributed by atoms with Gasteiger partial charge in [0.05, 0.1) is 17.9 Å². The minimum absolute atomic E-state index is 0.0778. The highest BCUT2D eigenvalue weighted by molar-refractivity contribution is 6.10. The van der Waals surface area contributed by atoms with Crippen molar-refractivity contribution in [3.8, 4) is 5.75 Å². The summed E-state index contributed by atoms with van der Waals surface area (Å²) in [5.41, 5.74) is 3.92. The number of epoxide rings is 1. The van der Waals surface area contributed by atoms with Crippen molar-refractivity contribution in [2.75, 3.05) is 11.9 Å². The van der Waals surface area contributed by atoms with Crippen LogP contribution in [-0.4, -0.2) is 49.6 Å². The van der Waals surface area contributed by atoms with Crippen LogP contribution in [0.15, 0.2) is 78.8 Å². The number of hydrogen-bond donors (Lipinski definition) is 2. The summed E-state index contributed by atoms with van der Waals surface area (Å²) >= 11 is 0. The summed E-state index contributed by atoms with van der Waals surface area (Å²) in [7, 11) is 0. The van der Waals surface area contributed by atoms with Crippen LogP contribution in [0, 0.1) is 6.92 Å². The molecule has 2 saturated heterocycles. The molecular formula is C28H20N4O5. The third kappa shape index (κ3) is 3.07. The number of ether oxygens (including phenoxy) is 1. The molecule has 0 bridgehead atoms. The molecule has 9 heteroatoms. The first kappa shape index (κ1) is 21.5. The number of benzene rings is 2. The largest absolute Gasteiger partial charge is 0.508 e. The number of hydrogen-bond acceptors (Lipinski definition) is 6. The van der Waals surface area contributed by atoms with E-state index in [1.54, 1.807) is 39.9 Å². The number of phenolic OH excluding ortho intramolecular Hbond substituents is 1. The summed E-state index contributed by atoms with van der Waals surface area (Å²) in [5.74, 6) is -0.710. The van der Waals surface area contributed by atoms with Crippen LogP contribution in [-0.2, 0) is 10.3 Å². The van der Waals surface area contributed by atoms with E-state index in [1.165, 1.54) is 30.3 Å². The van der Waals surface area contributed by atoms with Crippen molar-refractivity contribution in [2.24, 2.45) is 0 Å². The first-order valence-corrected chi connectivity index (χ1v) is 11.8. The third-order valence-electron chi connectivity index (χ3n) is 7.22. The number of imidazole rings is 1. The number of amides is 2. The standard InChI is InChI=1S/C28H20N4O5/c1-15-3-2-4-19-21(34)11-22-28(25(15)19)23(37-28)14-32(22)27(36)20-13-31-12-17(7-10-24(31)30-20)29-26(35)16-5-8-18(33)9-6-16/h2-13,23,33H,14H2,1H3,(H,29,35)/t23-,28+/m1/s1. The van der Waals surface area contributed by atoms with Gasteiger partial charge in [-0.2, -0.15) is 0 Å². The lowest BCUT2D eigenvalue weighted by Gasteiger charge is -2.28. The third-order valence-corrected chi connectivity index (χ3v) is 7.22. The maximum absolute atomic E-state index is 13.6. The maximum Gasteiger partial charge on any atom is 0.278 e. The van der Waals surface area contributed by atoms with Crippen molar-refractivity contribution in [3.63, 3.8) is 0 Å². The Morgan fingerprint density at radius 3 is 2.73 bits per heavy atom. The van der Waals surface area contributed by atoms with E-state index in [9.17, 15) is 19.5 Å². The Labute approximate surface area is 210 Å². The van der Waals surface area contributed by atoms with Crippen molar-refractivity contribution >= 4 is 28.9 Å². The number of aromatic hydroxyl groups is 1. The number of likely N-dealkylation sites (tertiary alicyclic amines) is 1. The number of rotatable bonds is 3. The van der Waals surface area contributed by atoms with Gasteiger partial charge >= 0.3 is 0 Å². The van der Waals surface area contributed by atoms with Crippen LogP contribution in [0.25, 0.3) is 5.65 Å². The zero-order chi connectivity index (χ0) is 25.5. The molecule has 1 spiro atoms. The van der Waals surface area contributed by atoms with Crippen LogP contribution in [0.3, 0.4) is 0 Å². The van der Waals surface area contributed by atoms with Crippen LogP contribution >= 0.6 is 0 Å². The summed E-state index contributed by atoms with van der Waals surface area (Å²) in [6.45, 7) is 2.29. The number of carbonyl (C=O) groups excluding carboxylic acids is 3. The summed E-state index contributed by atoms with van der Waals surface area (Å²) in [6.07, 6.45) is 4.59. The van der Waals surface area contributed by atoms with E-state index in [2.05, 4.69) is 10.3 Å². The molecule has 2 aromatic heterocycles. The molecule has 2 atom stereocenters. The summed E-state index contributed by atoms with van der Waals surface area (Å²) in [5, 5.41) is 12.2. The number of ketones is 1. The monoisotopic (exact) mass is 492 g/mol.